The molecule has 0 bridgehead atoms. The topological polar surface area (TPSA) is 43.6 Å². The molecule has 0 amide bonds. The van der Waals surface area contributed by atoms with E-state index < -0.39 is 0 Å². The third kappa shape index (κ3) is 4.94. The van der Waals surface area contributed by atoms with E-state index in [0.29, 0.717) is 17.5 Å². The smallest absolute Gasteiger partial charge is 0.164 e. The molecule has 11 rings (SSSR count). The Balaban J connectivity index is 1.23. The molecule has 0 aliphatic rings. The zero-order valence-electron chi connectivity index (χ0n) is 29.0. The molecule has 8 aromatic carbocycles. The quantitative estimate of drug-likeness (QED) is 0.179. The predicted octanol–water partition coefficient (Wildman–Crippen LogP) is 13.2. The van der Waals surface area contributed by atoms with Gasteiger partial charge in [0, 0.05) is 58.9 Å². The zero-order chi connectivity index (χ0) is 35.6. The molecule has 11 aromatic rings. The molecule has 0 fully saturated rings. The molecular weight excluding hydrogens is 677 g/mol. The van der Waals surface area contributed by atoms with E-state index in [-0.39, 0.29) is 0 Å². The van der Waals surface area contributed by atoms with Crippen molar-refractivity contribution >= 4 is 64.1 Å². The van der Waals surface area contributed by atoms with Gasteiger partial charge in [-0.2, -0.15) is 0 Å². The lowest BCUT2D eigenvalue weighted by Gasteiger charge is -2.16. The molecule has 252 valence electrons. The molecule has 0 aliphatic heterocycles. The number of rotatable bonds is 5. The van der Waals surface area contributed by atoms with E-state index in [1.807, 2.05) is 47.7 Å². The van der Waals surface area contributed by atoms with Gasteiger partial charge >= 0.3 is 0 Å². The van der Waals surface area contributed by atoms with Crippen molar-refractivity contribution in [2.75, 3.05) is 0 Å². The predicted molar refractivity (Wildman–Crippen MR) is 226 cm³/mol. The summed E-state index contributed by atoms with van der Waals surface area (Å²) >= 11 is 1.84. The van der Waals surface area contributed by atoms with Crippen molar-refractivity contribution in [1.29, 1.82) is 0 Å². The Labute approximate surface area is 315 Å². The van der Waals surface area contributed by atoms with Gasteiger partial charge in [0.15, 0.2) is 17.5 Å². The largest absolute Gasteiger partial charge is 0.309 e. The normalized spacial score (nSPS) is 11.7. The van der Waals surface area contributed by atoms with Gasteiger partial charge in [-0.05, 0) is 58.8 Å². The summed E-state index contributed by atoms with van der Waals surface area (Å²) in [4.78, 5) is 15.4. The van der Waals surface area contributed by atoms with Crippen molar-refractivity contribution in [3.63, 3.8) is 0 Å². The van der Waals surface area contributed by atoms with Gasteiger partial charge < -0.3 is 4.57 Å². The van der Waals surface area contributed by atoms with Crippen LogP contribution in [0.5, 0.6) is 0 Å². The Morgan fingerprint density at radius 3 is 1.74 bits per heavy atom. The first-order chi connectivity index (χ1) is 26.8. The van der Waals surface area contributed by atoms with Crippen LogP contribution in [0, 0.1) is 0 Å². The molecule has 0 saturated carbocycles. The number of thiophene rings is 1. The highest BCUT2D eigenvalue weighted by atomic mass is 32.1. The third-order valence-corrected chi connectivity index (χ3v) is 11.7. The van der Waals surface area contributed by atoms with Crippen LogP contribution in [0.1, 0.15) is 0 Å². The highest BCUT2D eigenvalue weighted by Crippen LogP contribution is 2.44. The first-order valence-corrected chi connectivity index (χ1v) is 18.9. The molecule has 0 saturated heterocycles. The second-order valence-electron chi connectivity index (χ2n) is 13.6. The highest BCUT2D eigenvalue weighted by Gasteiger charge is 2.21. The fourth-order valence-corrected chi connectivity index (χ4v) is 9.14. The van der Waals surface area contributed by atoms with Crippen LogP contribution < -0.4 is 0 Å². The average molecular weight is 707 g/mol. The maximum absolute atomic E-state index is 5.21. The minimum atomic E-state index is 0.635. The summed E-state index contributed by atoms with van der Waals surface area (Å²) in [5.41, 5.74) is 8.48. The highest BCUT2D eigenvalue weighted by molar-refractivity contribution is 7.26. The summed E-state index contributed by atoms with van der Waals surface area (Å²) in [6.07, 6.45) is 0. The molecular formula is C49H30N4S. The van der Waals surface area contributed by atoms with E-state index in [1.165, 1.54) is 52.8 Å². The van der Waals surface area contributed by atoms with Crippen LogP contribution in [-0.4, -0.2) is 19.5 Å². The van der Waals surface area contributed by atoms with Crippen molar-refractivity contribution in [2.24, 2.45) is 0 Å². The van der Waals surface area contributed by atoms with E-state index in [0.717, 1.165) is 33.5 Å². The van der Waals surface area contributed by atoms with Gasteiger partial charge in [0.2, 0.25) is 0 Å². The second-order valence-corrected chi connectivity index (χ2v) is 14.7. The fraction of sp³-hybridized carbons (Fsp3) is 0. The van der Waals surface area contributed by atoms with Crippen molar-refractivity contribution < 1.29 is 0 Å². The van der Waals surface area contributed by atoms with Crippen LogP contribution in [-0.2, 0) is 0 Å². The minimum Gasteiger partial charge on any atom is -0.309 e. The first kappa shape index (κ1) is 30.7. The van der Waals surface area contributed by atoms with Crippen LogP contribution in [0.4, 0.5) is 0 Å². The molecule has 3 heterocycles. The summed E-state index contributed by atoms with van der Waals surface area (Å²) < 4.78 is 4.92. The number of nitrogens with zero attached hydrogens (tertiary/aromatic N) is 4. The van der Waals surface area contributed by atoms with Crippen molar-refractivity contribution in [2.45, 2.75) is 0 Å². The van der Waals surface area contributed by atoms with E-state index in [1.54, 1.807) is 0 Å². The van der Waals surface area contributed by atoms with Gasteiger partial charge in [-0.25, -0.2) is 15.0 Å². The minimum absolute atomic E-state index is 0.635. The number of aromatic nitrogens is 4. The maximum atomic E-state index is 5.21. The van der Waals surface area contributed by atoms with Crippen LogP contribution in [0.15, 0.2) is 182 Å². The third-order valence-electron chi connectivity index (χ3n) is 10.4. The van der Waals surface area contributed by atoms with E-state index in [4.69, 9.17) is 15.0 Å². The molecule has 0 radical (unpaired) electrons. The van der Waals surface area contributed by atoms with E-state index in [2.05, 4.69) is 150 Å². The van der Waals surface area contributed by atoms with E-state index >= 15 is 0 Å². The van der Waals surface area contributed by atoms with Gasteiger partial charge in [0.05, 0.1) is 11.0 Å². The molecule has 0 aliphatic carbocycles. The van der Waals surface area contributed by atoms with Gasteiger partial charge in [0.1, 0.15) is 0 Å². The molecule has 54 heavy (non-hydrogen) atoms. The monoisotopic (exact) mass is 706 g/mol. The first-order valence-electron chi connectivity index (χ1n) is 18.1. The SMILES string of the molecule is c1ccc(-c2nc(-c3ccccc3)nc(-c3ccc(-n4c5ccccc5c5cc6ccccc6cc54)cc3-c3cccc4c3sc3ccccc34)n2)cc1. The Hall–Kier alpha value is -6.95. The van der Waals surface area contributed by atoms with Crippen LogP contribution in [0.25, 0.3) is 104 Å². The lowest BCUT2D eigenvalue weighted by molar-refractivity contribution is 1.07. The molecule has 0 unspecified atom stereocenters. The Bertz CT molecular complexity index is 3160. The Kier molecular flexibility index (Phi) is 7.00. The van der Waals surface area contributed by atoms with Crippen molar-refractivity contribution in [3.8, 4) is 51.0 Å². The standard InChI is InChI=1S/C49H30N4S/c1-3-14-31(15-4-1)47-50-48(32-16-5-2-6-17-32)52-49(51-47)40-27-26-35(30-41(40)39-23-13-22-38-37-21-10-12-25-45(37)54-46(38)39)53-43-24-11-9-20-36(43)42-28-33-18-7-8-19-34(33)29-44(42)53/h1-30H. The molecule has 0 spiro atoms. The number of fused-ring (bicyclic) bond motifs is 7. The number of hydrogen-bond acceptors (Lipinski definition) is 4. The molecule has 5 heteroatoms. The summed E-state index contributed by atoms with van der Waals surface area (Å²) in [5.74, 6) is 1.92. The lowest BCUT2D eigenvalue weighted by atomic mass is 9.96. The number of benzene rings is 8. The van der Waals surface area contributed by atoms with Gasteiger partial charge in [0.25, 0.3) is 0 Å². The van der Waals surface area contributed by atoms with Gasteiger partial charge in [-0.1, -0.05) is 140 Å². The van der Waals surface area contributed by atoms with Crippen molar-refractivity contribution in [1.82, 2.24) is 19.5 Å². The van der Waals surface area contributed by atoms with Crippen LogP contribution in [0.2, 0.25) is 0 Å². The molecule has 4 nitrogen and oxygen atoms in total. The molecule has 3 aromatic heterocycles. The Morgan fingerprint density at radius 2 is 0.981 bits per heavy atom. The van der Waals surface area contributed by atoms with E-state index in [9.17, 15) is 0 Å². The lowest BCUT2D eigenvalue weighted by Crippen LogP contribution is -2.02. The summed E-state index contributed by atoms with van der Waals surface area (Å²) in [7, 11) is 0. The zero-order valence-corrected chi connectivity index (χ0v) is 29.8. The number of para-hydroxylation sites is 1. The van der Waals surface area contributed by atoms with Crippen LogP contribution in [0.3, 0.4) is 0 Å². The summed E-state index contributed by atoms with van der Waals surface area (Å²) in [6.45, 7) is 0. The molecule has 0 N–H and O–H groups in total. The Morgan fingerprint density at radius 1 is 0.370 bits per heavy atom. The van der Waals surface area contributed by atoms with Gasteiger partial charge in [-0.15, -0.1) is 11.3 Å². The number of hydrogen-bond donors (Lipinski definition) is 0. The average Bonchev–Trinajstić information content (AvgIpc) is 3.78. The van der Waals surface area contributed by atoms with Crippen LogP contribution >= 0.6 is 11.3 Å². The van der Waals surface area contributed by atoms with Gasteiger partial charge in [-0.3, -0.25) is 0 Å². The fourth-order valence-electron chi connectivity index (χ4n) is 7.91. The molecule has 0 atom stereocenters. The summed E-state index contributed by atoms with van der Waals surface area (Å²) in [6, 6.07) is 64.5. The van der Waals surface area contributed by atoms with Crippen molar-refractivity contribution in [3.05, 3.63) is 182 Å². The second kappa shape index (κ2) is 12.3. The summed E-state index contributed by atoms with van der Waals surface area (Å²) in [5, 5.41) is 7.43. The maximum Gasteiger partial charge on any atom is 0.164 e.